The van der Waals surface area contributed by atoms with E-state index in [9.17, 15) is 4.79 Å². The Morgan fingerprint density at radius 1 is 1.58 bits per heavy atom. The predicted molar refractivity (Wildman–Crippen MR) is 46.3 cm³/mol. The van der Waals surface area contributed by atoms with Gasteiger partial charge in [-0.1, -0.05) is 6.92 Å². The second-order valence-corrected chi connectivity index (χ2v) is 5.74. The minimum absolute atomic E-state index is 0.105. The fraction of sp³-hybridized carbons (Fsp3) is 0.833. The van der Waals surface area contributed by atoms with Crippen molar-refractivity contribution in [3.8, 4) is 0 Å². The Labute approximate surface area is 71.9 Å². The molecule has 0 aromatic heterocycles. The van der Waals surface area contributed by atoms with Crippen molar-refractivity contribution in [3.63, 3.8) is 0 Å². The average molecular weight is 195 g/mol. The minimum Gasteiger partial charge on any atom is -0.480 e. The average Bonchev–Trinajstić information content (AvgIpc) is 1.81. The van der Waals surface area contributed by atoms with Crippen LogP contribution < -0.4 is 5.73 Å². The van der Waals surface area contributed by atoms with Gasteiger partial charge in [0.1, 0.15) is 6.04 Å². The van der Waals surface area contributed by atoms with Crippen LogP contribution in [0.25, 0.3) is 0 Å². The summed E-state index contributed by atoms with van der Waals surface area (Å²) < 4.78 is 18.1. The van der Waals surface area contributed by atoms with Crippen LogP contribution in [0.4, 0.5) is 0 Å². The number of carbonyl (C=O) groups is 1. The number of carboxylic acid groups (broad SMARTS) is 1. The second kappa shape index (κ2) is 2.59. The highest BCUT2D eigenvalue weighted by atomic mass is 32.3. The van der Waals surface area contributed by atoms with E-state index in [2.05, 4.69) is 0 Å². The van der Waals surface area contributed by atoms with Crippen LogP contribution >= 0.6 is 10.6 Å². The minimum atomic E-state index is -2.51. The molecule has 5 nitrogen and oxygen atoms in total. The lowest BCUT2D eigenvalue weighted by atomic mass is 9.86. The predicted octanol–water partition coefficient (Wildman–Crippen LogP) is 0.169. The van der Waals surface area contributed by atoms with Crippen molar-refractivity contribution in [1.29, 1.82) is 0 Å². The molecule has 0 amide bonds. The van der Waals surface area contributed by atoms with E-state index in [1.54, 1.807) is 6.92 Å². The van der Waals surface area contributed by atoms with E-state index >= 15 is 0 Å². The maximum absolute atomic E-state index is 10.5. The third-order valence-corrected chi connectivity index (χ3v) is 4.38. The summed E-state index contributed by atoms with van der Waals surface area (Å²) in [5.41, 5.74) is 4.72. The summed E-state index contributed by atoms with van der Waals surface area (Å²) in [6.45, 7) is 1.66. The van der Waals surface area contributed by atoms with E-state index < -0.39 is 28.0 Å². The summed E-state index contributed by atoms with van der Waals surface area (Å²) in [6.07, 6.45) is 0. The Morgan fingerprint density at radius 2 is 2.00 bits per heavy atom. The van der Waals surface area contributed by atoms with Crippen molar-refractivity contribution < 1.29 is 19.0 Å². The molecule has 72 valence electrons. The van der Waals surface area contributed by atoms with E-state index in [0.717, 1.165) is 0 Å². The largest absolute Gasteiger partial charge is 0.480 e. The van der Waals surface area contributed by atoms with Crippen LogP contribution in [-0.4, -0.2) is 37.7 Å². The molecule has 1 rings (SSSR count). The Hall–Kier alpha value is -0.300. The molecule has 0 spiro atoms. The van der Waals surface area contributed by atoms with Gasteiger partial charge >= 0.3 is 5.97 Å². The Kier molecular flexibility index (Phi) is 2.12. The van der Waals surface area contributed by atoms with Crippen LogP contribution in [0.5, 0.6) is 0 Å². The van der Waals surface area contributed by atoms with Crippen molar-refractivity contribution in [2.24, 2.45) is 11.1 Å². The third kappa shape index (κ3) is 1.56. The van der Waals surface area contributed by atoms with Crippen LogP contribution in [0.3, 0.4) is 0 Å². The first-order valence-electron chi connectivity index (χ1n) is 3.49. The fourth-order valence-corrected chi connectivity index (χ4v) is 3.88. The molecule has 0 bridgehead atoms. The zero-order valence-corrected chi connectivity index (χ0v) is 7.54. The van der Waals surface area contributed by atoms with Gasteiger partial charge in [-0.05, 0) is 0 Å². The molecular weight excluding hydrogens is 182 g/mol. The molecule has 0 aromatic rings. The van der Waals surface area contributed by atoms with Crippen molar-refractivity contribution in [2.45, 2.75) is 13.0 Å². The summed E-state index contributed by atoms with van der Waals surface area (Å²) in [5, 5.41) is 8.57. The van der Waals surface area contributed by atoms with Crippen LogP contribution in [0, 0.1) is 5.41 Å². The van der Waals surface area contributed by atoms with Gasteiger partial charge in [-0.15, -0.1) is 0 Å². The fourth-order valence-electron chi connectivity index (χ4n) is 1.49. The maximum atomic E-state index is 10.5. The first-order chi connectivity index (χ1) is 5.27. The Morgan fingerprint density at radius 3 is 2.25 bits per heavy atom. The standard InChI is InChI=1S/C6H13NO4S/c1-6(4(7)5(8)9)2-12(10,11)3-6/h4,10-11H,2-3,7H2,1H3,(H,8,9)/t4-/m1/s1. The van der Waals surface area contributed by atoms with Gasteiger partial charge in [-0.3, -0.25) is 13.9 Å². The molecule has 1 aliphatic rings. The van der Waals surface area contributed by atoms with Gasteiger partial charge in [-0.2, -0.15) is 10.6 Å². The number of hydrogen-bond acceptors (Lipinski definition) is 4. The summed E-state index contributed by atoms with van der Waals surface area (Å²) in [5.74, 6) is -0.881. The topological polar surface area (TPSA) is 104 Å². The van der Waals surface area contributed by atoms with Gasteiger partial charge in [0.05, 0.1) is 0 Å². The maximum Gasteiger partial charge on any atom is 0.321 e. The van der Waals surface area contributed by atoms with E-state index in [1.165, 1.54) is 0 Å². The van der Waals surface area contributed by atoms with Crippen molar-refractivity contribution >= 4 is 16.6 Å². The molecule has 5 N–H and O–H groups in total. The van der Waals surface area contributed by atoms with Crippen LogP contribution in [0.2, 0.25) is 0 Å². The SMILES string of the molecule is CC1([C@H](N)C(=O)O)CS(O)(O)C1. The lowest BCUT2D eigenvalue weighted by Gasteiger charge is -2.55. The van der Waals surface area contributed by atoms with Gasteiger partial charge in [-0.25, -0.2) is 0 Å². The molecule has 1 aliphatic heterocycles. The molecule has 1 saturated heterocycles. The van der Waals surface area contributed by atoms with Crippen LogP contribution in [0.15, 0.2) is 0 Å². The highest BCUT2D eigenvalue weighted by molar-refractivity contribution is 8.25. The molecule has 1 fully saturated rings. The van der Waals surface area contributed by atoms with Crippen molar-refractivity contribution in [1.82, 2.24) is 0 Å². The van der Waals surface area contributed by atoms with Gasteiger partial charge < -0.3 is 10.8 Å². The summed E-state index contributed by atoms with van der Waals surface area (Å²) in [4.78, 5) is 10.5. The molecule has 0 aromatic carbocycles. The second-order valence-electron chi connectivity index (χ2n) is 3.56. The lowest BCUT2D eigenvalue weighted by Crippen LogP contribution is -2.57. The lowest BCUT2D eigenvalue weighted by molar-refractivity contribution is -0.141. The number of carboxylic acids is 1. The van der Waals surface area contributed by atoms with Gasteiger partial charge in [0.25, 0.3) is 0 Å². The summed E-state index contributed by atoms with van der Waals surface area (Å²) in [7, 11) is -2.51. The molecule has 0 unspecified atom stereocenters. The Balaban J connectivity index is 2.60. The summed E-state index contributed by atoms with van der Waals surface area (Å²) >= 11 is 0. The monoisotopic (exact) mass is 195 g/mol. The van der Waals surface area contributed by atoms with E-state index in [1.807, 2.05) is 0 Å². The molecule has 0 aliphatic carbocycles. The van der Waals surface area contributed by atoms with Crippen LogP contribution in [-0.2, 0) is 4.79 Å². The molecule has 1 heterocycles. The molecule has 0 saturated carbocycles. The molecule has 0 radical (unpaired) electrons. The van der Waals surface area contributed by atoms with Gasteiger partial charge in [0.15, 0.2) is 0 Å². The number of rotatable bonds is 2. The number of hydrogen-bond donors (Lipinski definition) is 4. The molecule has 12 heavy (non-hydrogen) atoms. The van der Waals surface area contributed by atoms with E-state index in [0.29, 0.717) is 0 Å². The molecule has 6 heteroatoms. The Bertz CT molecular complexity index is 210. The zero-order valence-electron chi connectivity index (χ0n) is 6.73. The highest BCUT2D eigenvalue weighted by Crippen LogP contribution is 2.59. The smallest absolute Gasteiger partial charge is 0.321 e. The van der Waals surface area contributed by atoms with Crippen molar-refractivity contribution in [2.75, 3.05) is 11.5 Å². The molecule has 1 atom stereocenters. The highest BCUT2D eigenvalue weighted by Gasteiger charge is 2.51. The first-order valence-corrected chi connectivity index (χ1v) is 5.37. The normalized spacial score (nSPS) is 30.0. The van der Waals surface area contributed by atoms with Gasteiger partial charge in [0, 0.05) is 16.9 Å². The molecular formula is C6H13NO4S. The third-order valence-electron chi connectivity index (χ3n) is 2.14. The zero-order chi connectivity index (χ0) is 9.57. The quantitative estimate of drug-likeness (QED) is 0.503. The summed E-state index contributed by atoms with van der Waals surface area (Å²) in [6, 6.07) is -1.00. The van der Waals surface area contributed by atoms with Crippen LogP contribution in [0.1, 0.15) is 6.92 Å². The van der Waals surface area contributed by atoms with Crippen molar-refractivity contribution in [3.05, 3.63) is 0 Å². The van der Waals surface area contributed by atoms with Gasteiger partial charge in [0.2, 0.25) is 0 Å². The number of nitrogens with two attached hydrogens (primary N) is 1. The van der Waals surface area contributed by atoms with E-state index in [-0.39, 0.29) is 11.5 Å². The first kappa shape index (κ1) is 9.79. The number of aliphatic carboxylic acids is 1. The van der Waals surface area contributed by atoms with E-state index in [4.69, 9.17) is 19.9 Å².